The van der Waals surface area contributed by atoms with E-state index in [-0.39, 0.29) is 11.0 Å². The Morgan fingerprint density at radius 2 is 2.22 bits per heavy atom. The molecular weight excluding hydrogens is 230 g/mol. The summed E-state index contributed by atoms with van der Waals surface area (Å²) >= 11 is 0. The van der Waals surface area contributed by atoms with Crippen molar-refractivity contribution >= 4 is 0 Å². The Labute approximate surface area is 110 Å². The van der Waals surface area contributed by atoms with E-state index in [4.69, 9.17) is 14.2 Å². The number of hydrogen-bond donors (Lipinski definition) is 1. The van der Waals surface area contributed by atoms with Crippen molar-refractivity contribution in [3.8, 4) is 0 Å². The monoisotopic (exact) mass is 257 g/mol. The van der Waals surface area contributed by atoms with Gasteiger partial charge in [-0.1, -0.05) is 13.8 Å². The lowest BCUT2D eigenvalue weighted by molar-refractivity contribution is -0.169. The fraction of sp³-hybridized carbons (Fsp3) is 1.00. The third-order valence-electron chi connectivity index (χ3n) is 4.04. The van der Waals surface area contributed by atoms with Gasteiger partial charge in [0.25, 0.3) is 0 Å². The van der Waals surface area contributed by atoms with Crippen LogP contribution in [-0.4, -0.2) is 51.7 Å². The van der Waals surface area contributed by atoms with Crippen LogP contribution < -0.4 is 5.32 Å². The van der Waals surface area contributed by atoms with Crippen LogP contribution in [0.25, 0.3) is 0 Å². The quantitative estimate of drug-likeness (QED) is 0.830. The van der Waals surface area contributed by atoms with Crippen LogP contribution in [0.2, 0.25) is 0 Å². The van der Waals surface area contributed by atoms with Gasteiger partial charge in [-0.2, -0.15) is 0 Å². The number of ether oxygens (including phenoxy) is 3. The first-order valence-corrected chi connectivity index (χ1v) is 7.02. The third-order valence-corrected chi connectivity index (χ3v) is 4.04. The van der Waals surface area contributed by atoms with E-state index >= 15 is 0 Å². The summed E-state index contributed by atoms with van der Waals surface area (Å²) in [6, 6.07) is 0.372. The highest BCUT2D eigenvalue weighted by molar-refractivity contribution is 4.99. The number of rotatable bonds is 4. The Morgan fingerprint density at radius 3 is 2.89 bits per heavy atom. The van der Waals surface area contributed by atoms with Crippen LogP contribution in [0.1, 0.15) is 33.1 Å². The minimum Gasteiger partial charge on any atom is -0.384 e. The molecule has 4 nitrogen and oxygen atoms in total. The van der Waals surface area contributed by atoms with Gasteiger partial charge >= 0.3 is 0 Å². The average Bonchev–Trinajstić information content (AvgIpc) is 2.33. The second kappa shape index (κ2) is 5.87. The van der Waals surface area contributed by atoms with E-state index in [1.165, 1.54) is 0 Å². The topological polar surface area (TPSA) is 39.7 Å². The van der Waals surface area contributed by atoms with Gasteiger partial charge in [0.2, 0.25) is 0 Å². The Balaban J connectivity index is 2.03. The van der Waals surface area contributed by atoms with E-state index < -0.39 is 0 Å². The van der Waals surface area contributed by atoms with Gasteiger partial charge in [-0.05, 0) is 24.7 Å². The van der Waals surface area contributed by atoms with Crippen molar-refractivity contribution in [1.29, 1.82) is 0 Å². The molecule has 0 aromatic heterocycles. The molecule has 0 radical (unpaired) electrons. The molecule has 0 aromatic rings. The van der Waals surface area contributed by atoms with Crippen molar-refractivity contribution in [3.05, 3.63) is 0 Å². The molecule has 1 N–H and O–H groups in total. The second-order valence-electron chi connectivity index (χ2n) is 6.38. The lowest BCUT2D eigenvalue weighted by Gasteiger charge is -2.48. The number of nitrogens with one attached hydrogen (secondary N) is 1. The molecule has 0 amide bonds. The fourth-order valence-corrected chi connectivity index (χ4v) is 3.21. The fourth-order valence-electron chi connectivity index (χ4n) is 3.21. The molecule has 1 spiro atoms. The van der Waals surface area contributed by atoms with Crippen molar-refractivity contribution < 1.29 is 14.2 Å². The van der Waals surface area contributed by atoms with Gasteiger partial charge in [0.1, 0.15) is 5.60 Å². The second-order valence-corrected chi connectivity index (χ2v) is 6.38. The summed E-state index contributed by atoms with van der Waals surface area (Å²) in [6.07, 6.45) is 3.26. The van der Waals surface area contributed by atoms with E-state index in [1.54, 1.807) is 7.11 Å². The van der Waals surface area contributed by atoms with Crippen LogP contribution in [0.4, 0.5) is 0 Å². The summed E-state index contributed by atoms with van der Waals surface area (Å²) in [5.74, 6) is 0. The van der Waals surface area contributed by atoms with Gasteiger partial charge in [0.15, 0.2) is 0 Å². The van der Waals surface area contributed by atoms with Crippen LogP contribution in [-0.2, 0) is 14.2 Å². The highest BCUT2D eigenvalue weighted by atomic mass is 16.5. The molecule has 18 heavy (non-hydrogen) atoms. The molecule has 0 aromatic carbocycles. The molecular formula is C14H27NO3. The zero-order valence-electron chi connectivity index (χ0n) is 12.0. The zero-order chi connectivity index (χ0) is 13.1. The van der Waals surface area contributed by atoms with E-state index in [9.17, 15) is 0 Å². The van der Waals surface area contributed by atoms with E-state index in [2.05, 4.69) is 19.2 Å². The van der Waals surface area contributed by atoms with E-state index in [0.717, 1.165) is 52.2 Å². The van der Waals surface area contributed by atoms with E-state index in [1.807, 2.05) is 0 Å². The Kier molecular flexibility index (Phi) is 4.64. The first-order valence-electron chi connectivity index (χ1n) is 7.02. The maximum absolute atomic E-state index is 6.11. The summed E-state index contributed by atoms with van der Waals surface area (Å²) in [6.45, 7) is 8.63. The summed E-state index contributed by atoms with van der Waals surface area (Å²) in [5.41, 5.74) is 0.0546. The van der Waals surface area contributed by atoms with Gasteiger partial charge in [-0.15, -0.1) is 0 Å². The van der Waals surface area contributed by atoms with Crippen LogP contribution >= 0.6 is 0 Å². The van der Waals surface area contributed by atoms with Crippen molar-refractivity contribution in [2.75, 3.05) is 40.1 Å². The van der Waals surface area contributed by atoms with Gasteiger partial charge in [-0.25, -0.2) is 0 Å². The van der Waals surface area contributed by atoms with Crippen LogP contribution in [0.3, 0.4) is 0 Å². The number of morpholine rings is 1. The molecule has 4 heteroatoms. The Morgan fingerprint density at radius 1 is 1.39 bits per heavy atom. The van der Waals surface area contributed by atoms with Crippen LogP contribution in [0, 0.1) is 5.41 Å². The predicted octanol–water partition coefficient (Wildman–Crippen LogP) is 1.59. The maximum Gasteiger partial charge on any atom is 0.107 e. The van der Waals surface area contributed by atoms with Crippen molar-refractivity contribution in [1.82, 2.24) is 5.32 Å². The summed E-state index contributed by atoms with van der Waals surface area (Å²) < 4.78 is 17.1. The maximum atomic E-state index is 6.11. The Bertz CT molecular complexity index is 254. The van der Waals surface area contributed by atoms with E-state index in [0.29, 0.717) is 6.04 Å². The van der Waals surface area contributed by atoms with Crippen molar-refractivity contribution in [2.45, 2.75) is 44.8 Å². The molecule has 106 valence electrons. The smallest absolute Gasteiger partial charge is 0.107 e. The first-order chi connectivity index (χ1) is 8.58. The number of hydrogen-bond acceptors (Lipinski definition) is 4. The SMILES string of the molecule is COCC(C)(C)CC1NCCOC12CCCOC2. The van der Waals surface area contributed by atoms with Gasteiger partial charge < -0.3 is 19.5 Å². The zero-order valence-corrected chi connectivity index (χ0v) is 12.0. The highest BCUT2D eigenvalue weighted by Gasteiger charge is 2.45. The molecule has 2 unspecified atom stereocenters. The molecule has 2 aliphatic heterocycles. The standard InChI is InChI=1S/C14H27NO3/c1-13(2,10-16-3)9-12-14(18-8-6-15-12)5-4-7-17-11-14/h12,15H,4-11H2,1-3H3. The first kappa shape index (κ1) is 14.3. The van der Waals surface area contributed by atoms with Crippen LogP contribution in [0.5, 0.6) is 0 Å². The van der Waals surface area contributed by atoms with Gasteiger partial charge in [-0.3, -0.25) is 0 Å². The molecule has 2 fully saturated rings. The van der Waals surface area contributed by atoms with Gasteiger partial charge in [0.05, 0.1) is 19.8 Å². The molecule has 0 bridgehead atoms. The largest absolute Gasteiger partial charge is 0.384 e. The third kappa shape index (κ3) is 3.23. The molecule has 2 heterocycles. The molecule has 2 aliphatic rings. The van der Waals surface area contributed by atoms with Crippen molar-refractivity contribution in [2.24, 2.45) is 5.41 Å². The lowest BCUT2D eigenvalue weighted by atomic mass is 9.77. The van der Waals surface area contributed by atoms with Crippen LogP contribution in [0.15, 0.2) is 0 Å². The molecule has 2 saturated heterocycles. The summed E-state index contributed by atoms with van der Waals surface area (Å²) in [4.78, 5) is 0. The minimum absolute atomic E-state index is 0.110. The highest BCUT2D eigenvalue weighted by Crippen LogP contribution is 2.35. The molecule has 0 aliphatic carbocycles. The summed E-state index contributed by atoms with van der Waals surface area (Å²) in [7, 11) is 1.77. The van der Waals surface area contributed by atoms with Gasteiger partial charge in [0, 0.05) is 26.3 Å². The average molecular weight is 257 g/mol. The Hall–Kier alpha value is -0.160. The lowest BCUT2D eigenvalue weighted by Crippen LogP contribution is -2.62. The molecule has 2 atom stereocenters. The summed E-state index contributed by atoms with van der Waals surface area (Å²) in [5, 5.41) is 3.63. The van der Waals surface area contributed by atoms with Crippen molar-refractivity contribution in [3.63, 3.8) is 0 Å². The predicted molar refractivity (Wildman–Crippen MR) is 70.8 cm³/mol. The molecule has 0 saturated carbocycles. The minimum atomic E-state index is -0.110. The number of methoxy groups -OCH3 is 1. The normalized spacial score (nSPS) is 33.8. The molecule has 2 rings (SSSR count).